The Balaban J connectivity index is 1.26. The highest BCUT2D eigenvalue weighted by molar-refractivity contribution is 8.00. The summed E-state index contributed by atoms with van der Waals surface area (Å²) >= 11 is -0.161. The summed E-state index contributed by atoms with van der Waals surface area (Å²) in [5.41, 5.74) is -3.09. The summed E-state index contributed by atoms with van der Waals surface area (Å²) < 4.78 is 38.1. The summed E-state index contributed by atoms with van der Waals surface area (Å²) in [6.07, 6.45) is 6.07. The summed E-state index contributed by atoms with van der Waals surface area (Å²) in [4.78, 5) is 26.5. The third-order valence-corrected chi connectivity index (χ3v) is 9.76. The molecule has 7 rings (SSSR count). The maximum atomic E-state index is 13.8. The number of carboxylic acids is 1. The van der Waals surface area contributed by atoms with Gasteiger partial charge in [0.15, 0.2) is 0 Å². The second kappa shape index (κ2) is 10.3. The zero-order valence-corrected chi connectivity index (χ0v) is 22.7. The van der Waals surface area contributed by atoms with Gasteiger partial charge < -0.3 is 15.7 Å². The smallest absolute Gasteiger partial charge is 0.446 e. The quantitative estimate of drug-likeness (QED) is 0.246. The van der Waals surface area contributed by atoms with Crippen molar-refractivity contribution in [1.82, 2.24) is 5.32 Å². The number of halogens is 3. The van der Waals surface area contributed by atoms with Crippen LogP contribution >= 0.6 is 11.8 Å². The van der Waals surface area contributed by atoms with E-state index in [1.165, 1.54) is 31.4 Å². The van der Waals surface area contributed by atoms with Crippen molar-refractivity contribution in [3.05, 3.63) is 71.8 Å². The van der Waals surface area contributed by atoms with Crippen molar-refractivity contribution in [1.29, 1.82) is 0 Å². The molecule has 4 saturated carbocycles. The first-order valence-corrected chi connectivity index (χ1v) is 14.5. The normalized spacial score (nSPS) is 26.0. The zero-order valence-electron chi connectivity index (χ0n) is 21.8. The van der Waals surface area contributed by atoms with E-state index >= 15 is 0 Å². The number of hydrogen-bond donors (Lipinski definition) is 3. The molecule has 3 N–H and O–H groups in total. The Morgan fingerprint density at radius 2 is 1.55 bits per heavy atom. The lowest BCUT2D eigenvalue weighted by Gasteiger charge is -2.58. The van der Waals surface area contributed by atoms with Crippen molar-refractivity contribution in [2.45, 2.75) is 61.5 Å². The fourth-order valence-electron chi connectivity index (χ4n) is 7.87. The number of thioether (sulfide) groups is 1. The van der Waals surface area contributed by atoms with E-state index in [0.29, 0.717) is 29.0 Å². The highest BCUT2D eigenvalue weighted by Gasteiger charge is 2.56. The van der Waals surface area contributed by atoms with Crippen LogP contribution < -0.4 is 10.6 Å². The van der Waals surface area contributed by atoms with Gasteiger partial charge in [-0.05, 0) is 97.2 Å². The van der Waals surface area contributed by atoms with Gasteiger partial charge in [0, 0.05) is 22.2 Å². The molecule has 9 heteroatoms. The largest absolute Gasteiger partial charge is 0.480 e. The molecule has 0 spiro atoms. The average Bonchev–Trinajstić information content (AvgIpc) is 2.89. The van der Waals surface area contributed by atoms with E-state index in [9.17, 15) is 27.9 Å². The molecule has 3 aromatic carbocycles. The molecule has 0 heterocycles. The molecule has 1 atom stereocenters. The number of nitrogens with one attached hydrogen (secondary N) is 2. The van der Waals surface area contributed by atoms with Crippen molar-refractivity contribution in [3.63, 3.8) is 0 Å². The zero-order chi connectivity index (χ0) is 28.1. The van der Waals surface area contributed by atoms with Gasteiger partial charge >= 0.3 is 11.5 Å². The molecule has 0 aromatic heterocycles. The molecule has 5 nitrogen and oxygen atoms in total. The van der Waals surface area contributed by atoms with E-state index in [0.717, 1.165) is 35.6 Å². The van der Waals surface area contributed by atoms with Crippen LogP contribution in [0.1, 0.15) is 54.4 Å². The molecule has 4 fully saturated rings. The molecule has 0 aliphatic heterocycles. The van der Waals surface area contributed by atoms with Crippen LogP contribution in [0.15, 0.2) is 65.6 Å². The number of amides is 1. The fourth-order valence-corrected chi connectivity index (χ4v) is 8.41. The molecule has 4 aliphatic carbocycles. The molecule has 210 valence electrons. The van der Waals surface area contributed by atoms with Crippen LogP contribution in [-0.4, -0.2) is 28.5 Å². The SMILES string of the molecule is O=C(NC(C(=O)O)C12CC3CC(CC(C3)C1)C2)c1ccc2ccccc2c1NCc1ccc(SC(F)(F)F)cc1. The summed E-state index contributed by atoms with van der Waals surface area (Å²) in [6, 6.07) is 16.3. The number of alkyl halides is 3. The Morgan fingerprint density at radius 3 is 2.15 bits per heavy atom. The van der Waals surface area contributed by atoms with Gasteiger partial charge in [-0.2, -0.15) is 13.2 Å². The molecular formula is C31H31F3N2O3S. The van der Waals surface area contributed by atoms with Crippen molar-refractivity contribution in [3.8, 4) is 0 Å². The number of rotatable bonds is 8. The minimum absolute atomic E-state index is 0.103. The number of benzene rings is 3. The first kappa shape index (κ1) is 27.0. The second-order valence-electron chi connectivity index (χ2n) is 11.8. The lowest BCUT2D eigenvalue weighted by atomic mass is 9.47. The molecule has 4 aliphatic rings. The fraction of sp³-hybridized carbons (Fsp3) is 0.419. The average molecular weight is 569 g/mol. The van der Waals surface area contributed by atoms with E-state index in [2.05, 4.69) is 10.6 Å². The Hall–Kier alpha value is -3.20. The summed E-state index contributed by atoms with van der Waals surface area (Å²) in [5, 5.41) is 18.3. The lowest BCUT2D eigenvalue weighted by molar-refractivity contribution is -0.150. The Morgan fingerprint density at radius 1 is 0.925 bits per heavy atom. The standard InChI is InChI=1S/C31H31F3N2O3S/c32-31(33,34)40-23-8-5-18(6-9-23)17-35-26-24-4-2-1-3-22(24)7-10-25(26)28(37)36-27(29(38)39)30-14-19-11-20(15-30)13-21(12-19)16-30/h1-10,19-21,27,35H,11-17H2,(H,36,37)(H,38,39). The van der Waals surface area contributed by atoms with Gasteiger partial charge in [0.05, 0.1) is 11.3 Å². The summed E-state index contributed by atoms with van der Waals surface area (Å²) in [6.45, 7) is 0.280. The van der Waals surface area contributed by atoms with E-state index in [1.807, 2.05) is 30.3 Å². The first-order chi connectivity index (χ1) is 19.1. The van der Waals surface area contributed by atoms with Gasteiger partial charge in [-0.3, -0.25) is 4.79 Å². The molecule has 0 saturated heterocycles. The predicted octanol–water partition coefficient (Wildman–Crippen LogP) is 7.46. The first-order valence-electron chi connectivity index (χ1n) is 13.7. The number of anilines is 1. The van der Waals surface area contributed by atoms with E-state index in [1.54, 1.807) is 18.2 Å². The molecule has 0 radical (unpaired) electrons. The number of fused-ring (bicyclic) bond motifs is 1. The maximum absolute atomic E-state index is 13.8. The number of carbonyl (C=O) groups excluding carboxylic acids is 1. The van der Waals surface area contributed by atoms with Crippen LogP contribution in [0.4, 0.5) is 18.9 Å². The van der Waals surface area contributed by atoms with Gasteiger partial charge in [-0.25, -0.2) is 4.79 Å². The summed E-state index contributed by atoms with van der Waals surface area (Å²) in [5.74, 6) is 0.215. The van der Waals surface area contributed by atoms with Gasteiger partial charge in [-0.15, -0.1) is 0 Å². The minimum atomic E-state index is -4.35. The topological polar surface area (TPSA) is 78.4 Å². The monoisotopic (exact) mass is 568 g/mol. The van der Waals surface area contributed by atoms with Crippen molar-refractivity contribution in [2.24, 2.45) is 23.2 Å². The van der Waals surface area contributed by atoms with Crippen LogP contribution in [0.2, 0.25) is 0 Å². The van der Waals surface area contributed by atoms with Crippen LogP contribution in [0, 0.1) is 23.2 Å². The molecule has 3 aromatic rings. The molecule has 1 unspecified atom stereocenters. The van der Waals surface area contributed by atoms with Gasteiger partial charge in [0.2, 0.25) is 0 Å². The molecule has 4 bridgehead atoms. The minimum Gasteiger partial charge on any atom is -0.480 e. The van der Waals surface area contributed by atoms with Crippen LogP contribution in [-0.2, 0) is 11.3 Å². The van der Waals surface area contributed by atoms with Gasteiger partial charge in [0.25, 0.3) is 5.91 Å². The number of carboxylic acid groups (broad SMARTS) is 1. The van der Waals surface area contributed by atoms with Crippen molar-refractivity contribution >= 4 is 40.1 Å². The molecule has 1 amide bonds. The predicted molar refractivity (Wildman–Crippen MR) is 149 cm³/mol. The molecule has 40 heavy (non-hydrogen) atoms. The van der Waals surface area contributed by atoms with Gasteiger partial charge in [-0.1, -0.05) is 42.5 Å². The lowest BCUT2D eigenvalue weighted by Crippen LogP contribution is -2.59. The number of carbonyl (C=O) groups is 2. The van der Waals surface area contributed by atoms with Crippen molar-refractivity contribution < 1.29 is 27.9 Å². The maximum Gasteiger partial charge on any atom is 0.446 e. The highest BCUT2D eigenvalue weighted by atomic mass is 32.2. The Kier molecular flexibility index (Phi) is 6.97. The third-order valence-electron chi connectivity index (χ3n) is 9.02. The summed E-state index contributed by atoms with van der Waals surface area (Å²) in [7, 11) is 0. The van der Waals surface area contributed by atoms with Crippen LogP contribution in [0.5, 0.6) is 0 Å². The Bertz CT molecular complexity index is 1400. The third kappa shape index (κ3) is 5.40. The van der Waals surface area contributed by atoms with Crippen LogP contribution in [0.3, 0.4) is 0 Å². The highest BCUT2D eigenvalue weighted by Crippen LogP contribution is 2.61. The van der Waals surface area contributed by atoms with Crippen molar-refractivity contribution in [2.75, 3.05) is 5.32 Å². The van der Waals surface area contributed by atoms with E-state index in [-0.39, 0.29) is 23.2 Å². The second-order valence-corrected chi connectivity index (χ2v) is 12.9. The van der Waals surface area contributed by atoms with Crippen LogP contribution in [0.25, 0.3) is 10.8 Å². The molecular weight excluding hydrogens is 537 g/mol. The number of aliphatic carboxylic acids is 1. The van der Waals surface area contributed by atoms with E-state index < -0.39 is 28.8 Å². The van der Waals surface area contributed by atoms with E-state index in [4.69, 9.17) is 0 Å². The Labute approximate surface area is 234 Å². The number of hydrogen-bond acceptors (Lipinski definition) is 4. The van der Waals surface area contributed by atoms with Gasteiger partial charge in [0.1, 0.15) is 6.04 Å².